The van der Waals surface area contributed by atoms with Gasteiger partial charge in [-0.2, -0.15) is 16.4 Å². The van der Waals surface area contributed by atoms with Gasteiger partial charge in [0.05, 0.1) is 23.6 Å². The van der Waals surface area contributed by atoms with Crippen molar-refractivity contribution in [3.8, 4) is 33.8 Å². The van der Waals surface area contributed by atoms with Gasteiger partial charge in [-0.1, -0.05) is 0 Å². The molecule has 6 aromatic rings. The molecule has 1 fully saturated rings. The zero-order valence-corrected chi connectivity index (χ0v) is 20.4. The maximum atomic E-state index is 13.6. The number of thiophene rings is 1. The molecule has 0 aliphatic carbocycles. The van der Waals surface area contributed by atoms with E-state index in [1.54, 1.807) is 34.8 Å². The van der Waals surface area contributed by atoms with Gasteiger partial charge in [0.1, 0.15) is 0 Å². The molecule has 0 amide bonds. The lowest BCUT2D eigenvalue weighted by Gasteiger charge is -2.15. The van der Waals surface area contributed by atoms with Crippen LogP contribution < -0.4 is 0 Å². The molecule has 0 aromatic carbocycles. The Morgan fingerprint density at radius 1 is 1.00 bits per heavy atom. The predicted octanol–water partition coefficient (Wildman–Crippen LogP) is 6.13. The summed E-state index contributed by atoms with van der Waals surface area (Å²) in [6, 6.07) is 10.1. The summed E-state index contributed by atoms with van der Waals surface area (Å²) in [5, 5.41) is 13.6. The van der Waals surface area contributed by atoms with E-state index < -0.39 is 5.92 Å². The lowest BCUT2D eigenvalue weighted by molar-refractivity contribution is 0.0115. The minimum absolute atomic E-state index is 0.0947. The summed E-state index contributed by atoms with van der Waals surface area (Å²) < 4.78 is 27.2. The third kappa shape index (κ3) is 4.08. The summed E-state index contributed by atoms with van der Waals surface area (Å²) in [6.45, 7) is 0.618. The van der Waals surface area contributed by atoms with Crippen LogP contribution in [0.2, 0.25) is 0 Å². The van der Waals surface area contributed by atoms with Crippen LogP contribution in [0.15, 0.2) is 65.9 Å². The van der Waals surface area contributed by atoms with E-state index in [0.717, 1.165) is 55.6 Å². The SMILES string of the molecule is FC1(F)CCN(Cc2cncc(-c3cnc4n[nH]c(-c5cc6c(-c7ccsc7)nccc6[nH]5)c4c3)c2)C1. The first-order valence-corrected chi connectivity index (χ1v) is 12.9. The molecule has 37 heavy (non-hydrogen) atoms. The van der Waals surface area contributed by atoms with Crippen molar-refractivity contribution in [2.75, 3.05) is 13.1 Å². The van der Waals surface area contributed by atoms with Gasteiger partial charge in [0.2, 0.25) is 0 Å². The van der Waals surface area contributed by atoms with E-state index in [1.807, 2.05) is 29.8 Å². The van der Waals surface area contributed by atoms with E-state index in [4.69, 9.17) is 0 Å². The second-order valence-electron chi connectivity index (χ2n) is 9.41. The number of likely N-dealkylation sites (tertiary alicyclic amines) is 1. The van der Waals surface area contributed by atoms with Crippen molar-refractivity contribution in [1.29, 1.82) is 0 Å². The standard InChI is InChI=1S/C27H21F2N7S/c28-27(29)3-5-36(15-27)13-16-7-18(11-30-10-16)19-8-21-25(34-35-26(21)32-12-19)23-9-20-22(33-23)1-4-31-24(20)17-2-6-37-14-17/h1-2,4,6-12,14,33H,3,5,13,15H2,(H,32,34,35). The minimum Gasteiger partial charge on any atom is -0.353 e. The average Bonchev–Trinajstić information content (AvgIpc) is 3.69. The molecule has 0 unspecified atom stereocenters. The van der Waals surface area contributed by atoms with Crippen LogP contribution in [0.3, 0.4) is 0 Å². The van der Waals surface area contributed by atoms with Crippen LogP contribution in [0, 0.1) is 0 Å². The summed E-state index contributed by atoms with van der Waals surface area (Å²) in [7, 11) is 0. The Kier molecular flexibility index (Phi) is 5.12. The number of H-pyrrole nitrogens is 2. The maximum Gasteiger partial charge on any atom is 0.261 e. The van der Waals surface area contributed by atoms with Crippen molar-refractivity contribution in [2.24, 2.45) is 0 Å². The Labute approximate surface area is 214 Å². The van der Waals surface area contributed by atoms with Gasteiger partial charge in [0.25, 0.3) is 5.92 Å². The average molecular weight is 514 g/mol. The molecule has 0 bridgehead atoms. The summed E-state index contributed by atoms with van der Waals surface area (Å²) in [5.74, 6) is -2.61. The molecule has 6 aromatic heterocycles. The lowest BCUT2D eigenvalue weighted by Crippen LogP contribution is -2.24. The quantitative estimate of drug-likeness (QED) is 0.290. The Morgan fingerprint density at radius 3 is 2.76 bits per heavy atom. The van der Waals surface area contributed by atoms with Gasteiger partial charge in [-0.15, -0.1) is 0 Å². The van der Waals surface area contributed by atoms with Gasteiger partial charge >= 0.3 is 0 Å². The number of rotatable bonds is 5. The van der Waals surface area contributed by atoms with Crippen molar-refractivity contribution in [2.45, 2.75) is 18.9 Å². The van der Waals surface area contributed by atoms with Gasteiger partial charge in [-0.05, 0) is 41.3 Å². The van der Waals surface area contributed by atoms with Crippen LogP contribution in [0.1, 0.15) is 12.0 Å². The number of nitrogens with one attached hydrogen (secondary N) is 2. The van der Waals surface area contributed by atoms with Crippen LogP contribution in [0.5, 0.6) is 0 Å². The van der Waals surface area contributed by atoms with Crippen LogP contribution in [0.4, 0.5) is 8.78 Å². The van der Waals surface area contributed by atoms with Crippen LogP contribution in [-0.4, -0.2) is 54.0 Å². The second-order valence-corrected chi connectivity index (χ2v) is 10.2. The summed E-state index contributed by atoms with van der Waals surface area (Å²) in [6.07, 6.45) is 6.99. The zero-order chi connectivity index (χ0) is 25.0. The first-order chi connectivity index (χ1) is 18.0. The zero-order valence-electron chi connectivity index (χ0n) is 19.6. The third-order valence-corrected chi connectivity index (χ3v) is 7.49. The Bertz CT molecular complexity index is 1740. The highest BCUT2D eigenvalue weighted by Crippen LogP contribution is 2.34. The molecule has 1 aliphatic rings. The van der Waals surface area contributed by atoms with E-state index in [2.05, 4.69) is 47.6 Å². The monoisotopic (exact) mass is 513 g/mol. The van der Waals surface area contributed by atoms with Crippen molar-refractivity contribution in [3.63, 3.8) is 0 Å². The number of aromatic amines is 2. The Hall–Kier alpha value is -4.02. The van der Waals surface area contributed by atoms with Crippen molar-refractivity contribution >= 4 is 33.3 Å². The molecule has 1 saturated heterocycles. The lowest BCUT2D eigenvalue weighted by atomic mass is 10.1. The number of halogens is 2. The molecule has 184 valence electrons. The summed E-state index contributed by atoms with van der Waals surface area (Å²) >= 11 is 1.64. The van der Waals surface area contributed by atoms with Gasteiger partial charge in [0, 0.05) is 82.7 Å². The summed E-state index contributed by atoms with van der Waals surface area (Å²) in [4.78, 5) is 18.8. The highest BCUT2D eigenvalue weighted by Gasteiger charge is 2.37. The smallest absolute Gasteiger partial charge is 0.261 e. The fraction of sp³-hybridized carbons (Fsp3) is 0.185. The number of aromatic nitrogens is 6. The van der Waals surface area contributed by atoms with E-state index in [0.29, 0.717) is 18.7 Å². The highest BCUT2D eigenvalue weighted by atomic mass is 32.1. The second kappa shape index (κ2) is 8.53. The van der Waals surface area contributed by atoms with Gasteiger partial charge in [0.15, 0.2) is 5.65 Å². The molecule has 2 N–H and O–H groups in total. The molecule has 7 rings (SSSR count). The summed E-state index contributed by atoms with van der Waals surface area (Å²) in [5.41, 5.74) is 8.00. The molecule has 0 atom stereocenters. The van der Waals surface area contributed by atoms with Crippen LogP contribution in [-0.2, 0) is 6.54 Å². The number of nitrogens with zero attached hydrogens (tertiary/aromatic N) is 5. The number of hydrogen-bond donors (Lipinski definition) is 2. The highest BCUT2D eigenvalue weighted by molar-refractivity contribution is 7.08. The van der Waals surface area contributed by atoms with E-state index in [9.17, 15) is 8.78 Å². The van der Waals surface area contributed by atoms with Crippen molar-refractivity contribution < 1.29 is 8.78 Å². The molecule has 1 aliphatic heterocycles. The normalized spacial score (nSPS) is 15.7. The van der Waals surface area contributed by atoms with Gasteiger partial charge in [-0.3, -0.25) is 20.0 Å². The van der Waals surface area contributed by atoms with Gasteiger partial charge < -0.3 is 4.98 Å². The molecule has 0 spiro atoms. The molecule has 7 heterocycles. The third-order valence-electron chi connectivity index (χ3n) is 6.80. The maximum absolute atomic E-state index is 13.6. The van der Waals surface area contributed by atoms with Crippen LogP contribution >= 0.6 is 11.3 Å². The van der Waals surface area contributed by atoms with Gasteiger partial charge in [-0.25, -0.2) is 13.8 Å². The number of hydrogen-bond acceptors (Lipinski definition) is 6. The molecule has 7 nitrogen and oxygen atoms in total. The molecular weight excluding hydrogens is 492 g/mol. The van der Waals surface area contributed by atoms with Crippen molar-refractivity contribution in [3.05, 3.63) is 71.4 Å². The number of alkyl halides is 2. The number of pyridine rings is 3. The predicted molar refractivity (Wildman–Crippen MR) is 140 cm³/mol. The van der Waals surface area contributed by atoms with E-state index in [1.165, 1.54) is 0 Å². The first kappa shape index (κ1) is 22.2. The molecule has 0 saturated carbocycles. The number of fused-ring (bicyclic) bond motifs is 2. The van der Waals surface area contributed by atoms with Crippen molar-refractivity contribution in [1.82, 2.24) is 35.0 Å². The largest absolute Gasteiger partial charge is 0.353 e. The van der Waals surface area contributed by atoms with E-state index >= 15 is 0 Å². The van der Waals surface area contributed by atoms with Crippen LogP contribution in [0.25, 0.3) is 55.7 Å². The molecular formula is C27H21F2N7S. The Balaban J connectivity index is 1.24. The first-order valence-electron chi connectivity index (χ1n) is 11.9. The topological polar surface area (TPSA) is 86.4 Å². The minimum atomic E-state index is -2.61. The van der Waals surface area contributed by atoms with E-state index in [-0.39, 0.29) is 13.0 Å². The Morgan fingerprint density at radius 2 is 1.92 bits per heavy atom. The molecule has 10 heteroatoms. The molecule has 0 radical (unpaired) electrons. The fourth-order valence-electron chi connectivity index (χ4n) is 5.01. The fourth-order valence-corrected chi connectivity index (χ4v) is 5.65.